The summed E-state index contributed by atoms with van der Waals surface area (Å²) in [6, 6.07) is 9.37. The lowest BCUT2D eigenvalue weighted by Gasteiger charge is -2.27. The summed E-state index contributed by atoms with van der Waals surface area (Å²) in [5, 5.41) is 2.92. The second kappa shape index (κ2) is 9.87. The van der Waals surface area contributed by atoms with Crippen LogP contribution in [0.3, 0.4) is 0 Å². The van der Waals surface area contributed by atoms with E-state index >= 15 is 0 Å². The highest BCUT2D eigenvalue weighted by Crippen LogP contribution is 2.19. The van der Waals surface area contributed by atoms with Gasteiger partial charge in [0, 0.05) is 32.9 Å². The molecule has 0 aliphatic carbocycles. The minimum atomic E-state index is -0.190. The molecule has 2 aromatic rings. The number of carbonyl (C=O) groups excluding carboxylic acids is 1. The lowest BCUT2D eigenvalue weighted by molar-refractivity contribution is 0.152. The average molecular weight is 369 g/mol. The van der Waals surface area contributed by atoms with Gasteiger partial charge in [0.2, 0.25) is 0 Å². The van der Waals surface area contributed by atoms with Crippen LogP contribution in [0.5, 0.6) is 0 Å². The Hall–Kier alpha value is -2.67. The third kappa shape index (κ3) is 5.65. The highest BCUT2D eigenvalue weighted by atomic mass is 16.5. The molecule has 1 fully saturated rings. The maximum absolute atomic E-state index is 12.7. The number of rotatable bonds is 7. The van der Waals surface area contributed by atoms with E-state index in [1.54, 1.807) is 24.4 Å². The number of aromatic nitrogens is 2. The van der Waals surface area contributed by atoms with Gasteiger partial charge in [0.05, 0.1) is 30.7 Å². The molecular formula is C20H27N5O2. The SMILES string of the molecule is COCCN(Cc1ccccn1)C(=O)Nc1ccc(N2CCCCC2)nc1. The van der Waals surface area contributed by atoms with Gasteiger partial charge in [0.15, 0.2) is 0 Å². The Morgan fingerprint density at radius 2 is 2.04 bits per heavy atom. The fraction of sp³-hybridized carbons (Fsp3) is 0.450. The Morgan fingerprint density at radius 3 is 2.70 bits per heavy atom. The Bertz CT molecular complexity index is 702. The normalized spacial score (nSPS) is 14.0. The molecule has 3 rings (SSSR count). The first-order valence-electron chi connectivity index (χ1n) is 9.42. The lowest BCUT2D eigenvalue weighted by atomic mass is 10.1. The predicted molar refractivity (Wildman–Crippen MR) is 106 cm³/mol. The maximum Gasteiger partial charge on any atom is 0.322 e. The molecular weight excluding hydrogens is 342 g/mol. The number of methoxy groups -OCH3 is 1. The highest BCUT2D eigenvalue weighted by Gasteiger charge is 2.16. The number of nitrogens with one attached hydrogen (secondary N) is 1. The first kappa shape index (κ1) is 19.1. The molecule has 0 radical (unpaired) electrons. The van der Waals surface area contributed by atoms with Crippen LogP contribution in [0.15, 0.2) is 42.7 Å². The third-order valence-electron chi connectivity index (χ3n) is 4.61. The largest absolute Gasteiger partial charge is 0.383 e. The molecule has 2 amide bonds. The molecule has 7 nitrogen and oxygen atoms in total. The molecule has 1 aliphatic heterocycles. The van der Waals surface area contributed by atoms with Crippen molar-refractivity contribution >= 4 is 17.5 Å². The zero-order valence-corrected chi connectivity index (χ0v) is 15.8. The number of hydrogen-bond donors (Lipinski definition) is 1. The monoisotopic (exact) mass is 369 g/mol. The standard InChI is InChI=1S/C20H27N5O2/c1-27-14-13-25(16-18-7-3-4-10-21-18)20(26)23-17-8-9-19(22-15-17)24-11-5-2-6-12-24/h3-4,7-10,15H,2,5-6,11-14,16H2,1H3,(H,23,26). The van der Waals surface area contributed by atoms with Crippen molar-refractivity contribution in [1.29, 1.82) is 0 Å². The van der Waals surface area contributed by atoms with Gasteiger partial charge in [0.25, 0.3) is 0 Å². The van der Waals surface area contributed by atoms with Gasteiger partial charge in [-0.15, -0.1) is 0 Å². The van der Waals surface area contributed by atoms with Crippen LogP contribution < -0.4 is 10.2 Å². The van der Waals surface area contributed by atoms with Crippen LogP contribution in [-0.4, -0.2) is 54.2 Å². The summed E-state index contributed by atoms with van der Waals surface area (Å²) in [6.07, 6.45) is 7.16. The van der Waals surface area contributed by atoms with Gasteiger partial charge in [-0.2, -0.15) is 0 Å². The second-order valence-electron chi connectivity index (χ2n) is 6.62. The van der Waals surface area contributed by atoms with Crippen LogP contribution in [0.1, 0.15) is 25.0 Å². The van der Waals surface area contributed by atoms with Gasteiger partial charge >= 0.3 is 6.03 Å². The van der Waals surface area contributed by atoms with Crippen LogP contribution in [0.25, 0.3) is 0 Å². The quantitative estimate of drug-likeness (QED) is 0.812. The van der Waals surface area contributed by atoms with E-state index in [1.807, 2.05) is 30.3 Å². The number of piperidine rings is 1. The van der Waals surface area contributed by atoms with Crippen LogP contribution in [-0.2, 0) is 11.3 Å². The van der Waals surface area contributed by atoms with Crippen molar-refractivity contribution in [1.82, 2.24) is 14.9 Å². The fourth-order valence-corrected chi connectivity index (χ4v) is 3.11. The zero-order valence-electron chi connectivity index (χ0n) is 15.8. The van der Waals surface area contributed by atoms with E-state index in [9.17, 15) is 4.79 Å². The summed E-state index contributed by atoms with van der Waals surface area (Å²) in [7, 11) is 1.63. The molecule has 2 aromatic heterocycles. The van der Waals surface area contributed by atoms with Crippen molar-refractivity contribution < 1.29 is 9.53 Å². The van der Waals surface area contributed by atoms with E-state index in [0.29, 0.717) is 25.4 Å². The Morgan fingerprint density at radius 1 is 1.19 bits per heavy atom. The summed E-state index contributed by atoms with van der Waals surface area (Å²) in [6.45, 7) is 3.47. The minimum absolute atomic E-state index is 0.190. The van der Waals surface area contributed by atoms with Crippen molar-refractivity contribution in [2.24, 2.45) is 0 Å². The minimum Gasteiger partial charge on any atom is -0.383 e. The van der Waals surface area contributed by atoms with Gasteiger partial charge in [-0.3, -0.25) is 4.98 Å². The number of carbonyl (C=O) groups is 1. The molecule has 1 N–H and O–H groups in total. The second-order valence-corrected chi connectivity index (χ2v) is 6.62. The Labute approximate surface area is 160 Å². The molecule has 0 bridgehead atoms. The van der Waals surface area contributed by atoms with Crippen LogP contribution in [0, 0.1) is 0 Å². The van der Waals surface area contributed by atoms with Gasteiger partial charge in [-0.1, -0.05) is 6.07 Å². The molecule has 27 heavy (non-hydrogen) atoms. The average Bonchev–Trinajstić information content (AvgIpc) is 2.73. The Balaban J connectivity index is 1.61. The number of amides is 2. The molecule has 0 spiro atoms. The predicted octanol–water partition coefficient (Wildman–Crippen LogP) is 3.15. The molecule has 3 heterocycles. The van der Waals surface area contributed by atoms with Gasteiger partial charge in [-0.25, -0.2) is 9.78 Å². The number of ether oxygens (including phenoxy) is 1. The molecule has 0 aromatic carbocycles. The van der Waals surface area contributed by atoms with Crippen molar-refractivity contribution in [2.75, 3.05) is 43.6 Å². The topological polar surface area (TPSA) is 70.6 Å². The molecule has 7 heteroatoms. The summed E-state index contributed by atoms with van der Waals surface area (Å²) < 4.78 is 5.13. The first-order valence-corrected chi connectivity index (χ1v) is 9.42. The number of pyridine rings is 2. The molecule has 1 saturated heterocycles. The summed E-state index contributed by atoms with van der Waals surface area (Å²) in [5.41, 5.74) is 1.52. The number of anilines is 2. The van der Waals surface area contributed by atoms with Crippen molar-refractivity contribution in [3.05, 3.63) is 48.4 Å². The smallest absolute Gasteiger partial charge is 0.322 e. The summed E-state index contributed by atoms with van der Waals surface area (Å²) in [5.74, 6) is 0.970. The summed E-state index contributed by atoms with van der Waals surface area (Å²) in [4.78, 5) is 25.5. The highest BCUT2D eigenvalue weighted by molar-refractivity contribution is 5.89. The van der Waals surface area contributed by atoms with Crippen molar-refractivity contribution in [2.45, 2.75) is 25.8 Å². The molecule has 0 saturated carbocycles. The fourth-order valence-electron chi connectivity index (χ4n) is 3.11. The van der Waals surface area contributed by atoms with Crippen LogP contribution >= 0.6 is 0 Å². The molecule has 0 unspecified atom stereocenters. The van der Waals surface area contributed by atoms with Crippen molar-refractivity contribution in [3.63, 3.8) is 0 Å². The van der Waals surface area contributed by atoms with E-state index in [2.05, 4.69) is 20.2 Å². The molecule has 0 atom stereocenters. The zero-order chi connectivity index (χ0) is 18.9. The number of nitrogens with zero attached hydrogens (tertiary/aromatic N) is 4. The van der Waals surface area contributed by atoms with E-state index in [0.717, 1.165) is 24.6 Å². The van der Waals surface area contributed by atoms with E-state index < -0.39 is 0 Å². The molecule has 144 valence electrons. The van der Waals surface area contributed by atoms with Gasteiger partial charge in [0.1, 0.15) is 5.82 Å². The lowest BCUT2D eigenvalue weighted by Crippen LogP contribution is -2.37. The third-order valence-corrected chi connectivity index (χ3v) is 4.61. The number of urea groups is 1. The van der Waals surface area contributed by atoms with E-state index in [-0.39, 0.29) is 6.03 Å². The maximum atomic E-state index is 12.7. The summed E-state index contributed by atoms with van der Waals surface area (Å²) >= 11 is 0. The first-order chi connectivity index (χ1) is 13.3. The van der Waals surface area contributed by atoms with Crippen LogP contribution in [0.2, 0.25) is 0 Å². The number of hydrogen-bond acceptors (Lipinski definition) is 5. The van der Waals surface area contributed by atoms with Gasteiger partial charge < -0.3 is 19.9 Å². The van der Waals surface area contributed by atoms with E-state index in [4.69, 9.17) is 4.74 Å². The van der Waals surface area contributed by atoms with Crippen molar-refractivity contribution in [3.8, 4) is 0 Å². The van der Waals surface area contributed by atoms with Crippen LogP contribution in [0.4, 0.5) is 16.3 Å². The Kier molecular flexibility index (Phi) is 6.98. The van der Waals surface area contributed by atoms with Gasteiger partial charge in [-0.05, 0) is 43.5 Å². The van der Waals surface area contributed by atoms with E-state index in [1.165, 1.54) is 19.3 Å². The molecule has 1 aliphatic rings.